The zero-order chi connectivity index (χ0) is 13.0. The standard InChI is InChI=1S/C13H19N3O2/c1-15-6-8-16(9-7-15)10-13(18)14-11-4-2-3-5-12(11)17/h2-5,17H,6-10H2,1H3,(H,14,18). The van der Waals surface area contributed by atoms with Crippen LogP contribution in [0.3, 0.4) is 0 Å². The van der Waals surface area contributed by atoms with Gasteiger partial charge < -0.3 is 15.3 Å². The SMILES string of the molecule is CN1CCN(CC(=O)Nc2ccccc2O)CC1. The number of nitrogens with zero attached hydrogens (tertiary/aromatic N) is 2. The maximum atomic E-state index is 11.8. The van der Waals surface area contributed by atoms with E-state index in [1.54, 1.807) is 24.3 Å². The number of piperazine rings is 1. The molecule has 0 radical (unpaired) electrons. The number of likely N-dealkylation sites (N-methyl/N-ethyl adjacent to an activating group) is 1. The second kappa shape index (κ2) is 5.84. The van der Waals surface area contributed by atoms with Crippen LogP contribution < -0.4 is 5.32 Å². The maximum absolute atomic E-state index is 11.8. The summed E-state index contributed by atoms with van der Waals surface area (Å²) in [5.41, 5.74) is 0.469. The van der Waals surface area contributed by atoms with E-state index < -0.39 is 0 Å². The Morgan fingerprint density at radius 3 is 2.61 bits per heavy atom. The molecule has 98 valence electrons. The number of carbonyl (C=O) groups is 1. The summed E-state index contributed by atoms with van der Waals surface area (Å²) in [4.78, 5) is 16.2. The van der Waals surface area contributed by atoms with E-state index in [0.29, 0.717) is 12.2 Å². The van der Waals surface area contributed by atoms with Crippen LogP contribution in [0.1, 0.15) is 0 Å². The average Bonchev–Trinajstić information content (AvgIpc) is 2.35. The number of nitrogens with one attached hydrogen (secondary N) is 1. The summed E-state index contributed by atoms with van der Waals surface area (Å²) in [7, 11) is 2.08. The summed E-state index contributed by atoms with van der Waals surface area (Å²) >= 11 is 0. The second-order valence-electron chi connectivity index (χ2n) is 4.64. The Hall–Kier alpha value is -1.59. The molecule has 0 spiro atoms. The molecular weight excluding hydrogens is 230 g/mol. The van der Waals surface area contributed by atoms with Crippen LogP contribution in [0.15, 0.2) is 24.3 Å². The Kier molecular flexibility index (Phi) is 4.17. The molecule has 5 heteroatoms. The monoisotopic (exact) mass is 249 g/mol. The lowest BCUT2D eigenvalue weighted by Gasteiger charge is -2.31. The fourth-order valence-electron chi connectivity index (χ4n) is 1.98. The van der Waals surface area contributed by atoms with E-state index in [9.17, 15) is 9.90 Å². The number of phenolic OH excluding ortho intramolecular Hbond substituents is 1. The molecule has 1 saturated heterocycles. The molecule has 1 aliphatic heterocycles. The summed E-state index contributed by atoms with van der Waals surface area (Å²) in [5.74, 6) is 0.0188. The number of amides is 1. The fourth-order valence-corrected chi connectivity index (χ4v) is 1.98. The molecule has 0 aromatic heterocycles. The summed E-state index contributed by atoms with van der Waals surface area (Å²) in [6.45, 7) is 4.17. The number of phenols is 1. The van der Waals surface area contributed by atoms with Crippen molar-refractivity contribution in [2.24, 2.45) is 0 Å². The number of hydrogen-bond acceptors (Lipinski definition) is 4. The Balaban J connectivity index is 1.84. The van der Waals surface area contributed by atoms with Gasteiger partial charge in [-0.05, 0) is 19.2 Å². The van der Waals surface area contributed by atoms with Crippen molar-refractivity contribution in [3.8, 4) is 5.75 Å². The van der Waals surface area contributed by atoms with E-state index in [2.05, 4.69) is 22.2 Å². The van der Waals surface area contributed by atoms with Gasteiger partial charge in [-0.15, -0.1) is 0 Å². The van der Waals surface area contributed by atoms with E-state index in [0.717, 1.165) is 26.2 Å². The van der Waals surface area contributed by atoms with E-state index in [1.165, 1.54) is 0 Å². The smallest absolute Gasteiger partial charge is 0.238 e. The van der Waals surface area contributed by atoms with Crippen LogP contribution in [0, 0.1) is 0 Å². The molecule has 0 unspecified atom stereocenters. The molecule has 0 atom stereocenters. The van der Waals surface area contributed by atoms with Crippen molar-refractivity contribution in [3.05, 3.63) is 24.3 Å². The quantitative estimate of drug-likeness (QED) is 0.769. The number of anilines is 1. The highest BCUT2D eigenvalue weighted by Gasteiger charge is 2.16. The molecule has 1 aromatic carbocycles. The summed E-state index contributed by atoms with van der Waals surface area (Å²) < 4.78 is 0. The number of carbonyl (C=O) groups excluding carboxylic acids is 1. The molecule has 0 bridgehead atoms. The van der Waals surface area contributed by atoms with Crippen molar-refractivity contribution >= 4 is 11.6 Å². The molecule has 1 aromatic rings. The lowest BCUT2D eigenvalue weighted by atomic mass is 10.3. The molecular formula is C13H19N3O2. The van der Waals surface area contributed by atoms with Crippen molar-refractivity contribution in [2.45, 2.75) is 0 Å². The Morgan fingerprint density at radius 2 is 1.94 bits per heavy atom. The number of aromatic hydroxyl groups is 1. The summed E-state index contributed by atoms with van der Waals surface area (Å²) in [5, 5.41) is 12.3. The zero-order valence-electron chi connectivity index (χ0n) is 10.6. The molecule has 1 amide bonds. The highest BCUT2D eigenvalue weighted by atomic mass is 16.3. The first-order valence-electron chi connectivity index (χ1n) is 6.14. The van der Waals surface area contributed by atoms with Crippen molar-refractivity contribution in [1.82, 2.24) is 9.80 Å². The molecule has 0 saturated carbocycles. The van der Waals surface area contributed by atoms with E-state index in [-0.39, 0.29) is 11.7 Å². The highest BCUT2D eigenvalue weighted by Crippen LogP contribution is 2.21. The minimum atomic E-state index is -0.0824. The molecule has 18 heavy (non-hydrogen) atoms. The molecule has 2 rings (SSSR count). The van der Waals surface area contributed by atoms with Crippen LogP contribution >= 0.6 is 0 Å². The van der Waals surface area contributed by atoms with Crippen LogP contribution in [-0.4, -0.2) is 60.6 Å². The zero-order valence-corrected chi connectivity index (χ0v) is 10.6. The van der Waals surface area contributed by atoms with Crippen LogP contribution in [-0.2, 0) is 4.79 Å². The number of para-hydroxylation sites is 2. The van der Waals surface area contributed by atoms with Gasteiger partial charge in [0.2, 0.25) is 5.91 Å². The van der Waals surface area contributed by atoms with E-state index >= 15 is 0 Å². The van der Waals surface area contributed by atoms with Gasteiger partial charge in [-0.25, -0.2) is 0 Å². The van der Waals surface area contributed by atoms with Crippen LogP contribution in [0.4, 0.5) is 5.69 Å². The third-order valence-corrected chi connectivity index (χ3v) is 3.14. The van der Waals surface area contributed by atoms with Crippen molar-refractivity contribution < 1.29 is 9.90 Å². The predicted octanol–water partition coefficient (Wildman–Crippen LogP) is 0.578. The van der Waals surface area contributed by atoms with Gasteiger partial charge in [0.1, 0.15) is 5.75 Å². The van der Waals surface area contributed by atoms with Crippen molar-refractivity contribution in [1.29, 1.82) is 0 Å². The van der Waals surface area contributed by atoms with E-state index in [1.807, 2.05) is 0 Å². The molecule has 2 N–H and O–H groups in total. The van der Waals surface area contributed by atoms with Gasteiger partial charge in [0.15, 0.2) is 0 Å². The number of rotatable bonds is 3. The summed E-state index contributed by atoms with van der Waals surface area (Å²) in [6.07, 6.45) is 0. The average molecular weight is 249 g/mol. The first-order valence-corrected chi connectivity index (χ1v) is 6.14. The largest absolute Gasteiger partial charge is 0.506 e. The summed E-state index contributed by atoms with van der Waals surface area (Å²) in [6, 6.07) is 6.76. The lowest BCUT2D eigenvalue weighted by Crippen LogP contribution is -2.47. The highest BCUT2D eigenvalue weighted by molar-refractivity contribution is 5.93. The van der Waals surface area contributed by atoms with Crippen LogP contribution in [0.25, 0.3) is 0 Å². The van der Waals surface area contributed by atoms with Crippen LogP contribution in [0.5, 0.6) is 5.75 Å². The fraction of sp³-hybridized carbons (Fsp3) is 0.462. The predicted molar refractivity (Wildman–Crippen MR) is 70.7 cm³/mol. The first-order chi connectivity index (χ1) is 8.65. The maximum Gasteiger partial charge on any atom is 0.238 e. The third kappa shape index (κ3) is 3.45. The minimum Gasteiger partial charge on any atom is -0.506 e. The lowest BCUT2D eigenvalue weighted by molar-refractivity contribution is -0.117. The van der Waals surface area contributed by atoms with Crippen molar-refractivity contribution in [3.63, 3.8) is 0 Å². The van der Waals surface area contributed by atoms with Gasteiger partial charge in [0.25, 0.3) is 0 Å². The first kappa shape index (κ1) is 12.9. The van der Waals surface area contributed by atoms with Gasteiger partial charge >= 0.3 is 0 Å². The third-order valence-electron chi connectivity index (χ3n) is 3.14. The van der Waals surface area contributed by atoms with Gasteiger partial charge in [0.05, 0.1) is 12.2 Å². The van der Waals surface area contributed by atoms with E-state index in [4.69, 9.17) is 0 Å². The normalized spacial score (nSPS) is 17.6. The Morgan fingerprint density at radius 1 is 1.28 bits per heavy atom. The molecule has 1 aliphatic rings. The Labute approximate surface area is 107 Å². The van der Waals surface area contributed by atoms with Crippen molar-refractivity contribution in [2.75, 3.05) is 45.1 Å². The van der Waals surface area contributed by atoms with Gasteiger partial charge in [-0.1, -0.05) is 12.1 Å². The molecule has 0 aliphatic carbocycles. The molecule has 1 fully saturated rings. The Bertz CT molecular complexity index is 414. The van der Waals surface area contributed by atoms with Gasteiger partial charge in [0, 0.05) is 26.2 Å². The van der Waals surface area contributed by atoms with Gasteiger partial charge in [-0.2, -0.15) is 0 Å². The number of hydrogen-bond donors (Lipinski definition) is 2. The molecule has 5 nitrogen and oxygen atoms in total. The van der Waals surface area contributed by atoms with Crippen LogP contribution in [0.2, 0.25) is 0 Å². The minimum absolute atomic E-state index is 0.0824. The second-order valence-corrected chi connectivity index (χ2v) is 4.64. The number of benzene rings is 1. The topological polar surface area (TPSA) is 55.8 Å². The molecule has 1 heterocycles. The van der Waals surface area contributed by atoms with Gasteiger partial charge in [-0.3, -0.25) is 9.69 Å².